The van der Waals surface area contributed by atoms with Gasteiger partial charge in [-0.2, -0.15) is 0 Å². The van der Waals surface area contributed by atoms with Gasteiger partial charge in [-0.1, -0.05) is 34.6 Å². The van der Waals surface area contributed by atoms with Crippen molar-refractivity contribution >= 4 is 43.4 Å². The van der Waals surface area contributed by atoms with E-state index in [2.05, 4.69) is 54.6 Å². The molecule has 0 N–H and O–H groups in total. The number of fused-ring (bicyclic) bond motifs is 2. The molecular weight excluding hydrogens is 400 g/mol. The van der Waals surface area contributed by atoms with Crippen LogP contribution in [0, 0.1) is 0 Å². The van der Waals surface area contributed by atoms with Gasteiger partial charge in [-0.25, -0.2) is 29.9 Å². The molecule has 0 amide bonds. The van der Waals surface area contributed by atoms with E-state index in [0.717, 1.165) is 63.0 Å². The predicted molar refractivity (Wildman–Crippen MR) is 120 cm³/mol. The van der Waals surface area contributed by atoms with Crippen molar-refractivity contribution in [3.8, 4) is 0 Å². The molecule has 1 atom stereocenters. The highest BCUT2D eigenvalue weighted by Gasteiger charge is 2.18. The van der Waals surface area contributed by atoms with Crippen molar-refractivity contribution in [3.63, 3.8) is 0 Å². The second kappa shape index (κ2) is 8.36. The zero-order valence-corrected chi connectivity index (χ0v) is 19.1. The number of hydrogen-bond acceptors (Lipinski definition) is 8. The highest BCUT2D eigenvalue weighted by Crippen LogP contribution is 2.30. The summed E-state index contributed by atoms with van der Waals surface area (Å²) in [5.41, 5.74) is 7.69. The van der Waals surface area contributed by atoms with Gasteiger partial charge in [-0.15, -0.1) is 22.7 Å². The minimum atomic E-state index is 0.306. The van der Waals surface area contributed by atoms with E-state index in [9.17, 15) is 0 Å². The molecular formula is C21H26N6S2. The van der Waals surface area contributed by atoms with E-state index in [1.807, 2.05) is 11.0 Å². The van der Waals surface area contributed by atoms with Crippen LogP contribution in [0.3, 0.4) is 0 Å². The minimum absolute atomic E-state index is 0.306. The molecule has 152 valence electrons. The second-order valence-corrected chi connectivity index (χ2v) is 9.79. The Morgan fingerprint density at radius 1 is 0.828 bits per heavy atom. The molecule has 0 spiro atoms. The van der Waals surface area contributed by atoms with Gasteiger partial charge in [0.25, 0.3) is 0 Å². The lowest BCUT2D eigenvalue weighted by atomic mass is 9.99. The summed E-state index contributed by atoms with van der Waals surface area (Å²) in [5.74, 6) is 2.78. The molecule has 0 fully saturated rings. The number of rotatable bonds is 7. The monoisotopic (exact) mass is 426 g/mol. The molecule has 29 heavy (non-hydrogen) atoms. The molecule has 0 radical (unpaired) electrons. The molecule has 0 saturated carbocycles. The molecule has 4 aromatic heterocycles. The van der Waals surface area contributed by atoms with Gasteiger partial charge in [0.05, 0.1) is 27.1 Å². The van der Waals surface area contributed by atoms with Gasteiger partial charge in [-0.3, -0.25) is 0 Å². The van der Waals surface area contributed by atoms with Crippen LogP contribution in [-0.2, 0) is 6.42 Å². The number of nitrogens with zero attached hydrogens (tertiary/aromatic N) is 6. The lowest BCUT2D eigenvalue weighted by molar-refractivity contribution is 0.604. The fraction of sp³-hybridized carbons (Fsp3) is 0.524. The highest BCUT2D eigenvalue weighted by molar-refractivity contribution is 7.17. The normalized spacial score (nSPS) is 13.2. The molecule has 0 aromatic carbocycles. The van der Waals surface area contributed by atoms with Gasteiger partial charge in [0.15, 0.2) is 5.65 Å². The van der Waals surface area contributed by atoms with Crippen LogP contribution in [0.1, 0.15) is 88.3 Å². The SMILES string of the molecule is CC(C)c1nc(C(C)CCCc2nc(C(C)C)c3scnc3n2)c2ncsc2n1. The first kappa shape index (κ1) is 20.2. The van der Waals surface area contributed by atoms with Crippen LogP contribution in [0.5, 0.6) is 0 Å². The standard InChI is InChI=1S/C21H26N6S2/c1-11(2)15-18-20(23-10-28-18)25-14(24-15)8-6-7-13(5)16-17-21(29-9-22-17)27-19(26-16)12(3)4/h9-13H,6-8H2,1-5H3. The van der Waals surface area contributed by atoms with Crippen molar-refractivity contribution < 1.29 is 0 Å². The Bertz CT molecular complexity index is 1130. The van der Waals surface area contributed by atoms with Crippen LogP contribution in [0.4, 0.5) is 0 Å². The fourth-order valence-electron chi connectivity index (χ4n) is 3.44. The van der Waals surface area contributed by atoms with E-state index in [4.69, 9.17) is 9.97 Å². The Morgan fingerprint density at radius 3 is 2.38 bits per heavy atom. The van der Waals surface area contributed by atoms with Crippen LogP contribution >= 0.6 is 22.7 Å². The summed E-state index contributed by atoms with van der Waals surface area (Å²) < 4.78 is 1.12. The van der Waals surface area contributed by atoms with E-state index in [1.165, 1.54) is 0 Å². The summed E-state index contributed by atoms with van der Waals surface area (Å²) in [6.07, 6.45) is 2.86. The molecule has 4 rings (SSSR count). The van der Waals surface area contributed by atoms with Gasteiger partial charge >= 0.3 is 0 Å². The number of thiazole rings is 2. The molecule has 4 aromatic rings. The van der Waals surface area contributed by atoms with E-state index >= 15 is 0 Å². The number of aryl methyl sites for hydroxylation is 1. The highest BCUT2D eigenvalue weighted by atomic mass is 32.1. The summed E-state index contributed by atoms with van der Waals surface area (Å²) >= 11 is 3.22. The minimum Gasteiger partial charge on any atom is -0.241 e. The lowest BCUT2D eigenvalue weighted by Gasteiger charge is -2.14. The van der Waals surface area contributed by atoms with Crippen molar-refractivity contribution in [2.75, 3.05) is 0 Å². The molecule has 0 aliphatic rings. The first-order chi connectivity index (χ1) is 13.9. The maximum Gasteiger partial charge on any atom is 0.174 e. The van der Waals surface area contributed by atoms with E-state index in [-0.39, 0.29) is 0 Å². The third kappa shape index (κ3) is 4.14. The van der Waals surface area contributed by atoms with E-state index in [0.29, 0.717) is 17.8 Å². The van der Waals surface area contributed by atoms with Crippen molar-refractivity contribution in [1.82, 2.24) is 29.9 Å². The molecule has 0 aliphatic heterocycles. The Hall–Kier alpha value is -2.06. The summed E-state index contributed by atoms with van der Waals surface area (Å²) in [5, 5.41) is 0. The van der Waals surface area contributed by atoms with Crippen LogP contribution in [0.2, 0.25) is 0 Å². The smallest absolute Gasteiger partial charge is 0.174 e. The zero-order chi connectivity index (χ0) is 20.5. The predicted octanol–water partition coefficient (Wildman–Crippen LogP) is 5.86. The molecule has 6 nitrogen and oxygen atoms in total. The van der Waals surface area contributed by atoms with Crippen LogP contribution in [0.25, 0.3) is 20.7 Å². The van der Waals surface area contributed by atoms with Gasteiger partial charge in [0.2, 0.25) is 0 Å². The first-order valence-electron chi connectivity index (χ1n) is 10.1. The largest absolute Gasteiger partial charge is 0.241 e. The Labute approximate surface area is 178 Å². The van der Waals surface area contributed by atoms with Gasteiger partial charge in [-0.05, 0) is 18.8 Å². The maximum atomic E-state index is 4.86. The topological polar surface area (TPSA) is 77.3 Å². The van der Waals surface area contributed by atoms with Crippen molar-refractivity contribution in [2.45, 2.75) is 71.6 Å². The van der Waals surface area contributed by atoms with Gasteiger partial charge in [0.1, 0.15) is 22.0 Å². The summed E-state index contributed by atoms with van der Waals surface area (Å²) in [7, 11) is 0. The van der Waals surface area contributed by atoms with Crippen LogP contribution in [0.15, 0.2) is 11.0 Å². The van der Waals surface area contributed by atoms with Crippen molar-refractivity contribution in [2.24, 2.45) is 0 Å². The third-order valence-electron chi connectivity index (χ3n) is 5.08. The van der Waals surface area contributed by atoms with Gasteiger partial charge in [0, 0.05) is 18.3 Å². The lowest BCUT2D eigenvalue weighted by Crippen LogP contribution is -2.07. The molecule has 4 heterocycles. The average Bonchev–Trinajstić information content (AvgIpc) is 3.35. The molecule has 0 saturated heterocycles. The quantitative estimate of drug-likeness (QED) is 0.368. The molecule has 0 aliphatic carbocycles. The third-order valence-corrected chi connectivity index (χ3v) is 6.63. The Kier molecular flexibility index (Phi) is 5.83. The molecule has 1 unspecified atom stereocenters. The zero-order valence-electron chi connectivity index (χ0n) is 17.5. The fourth-order valence-corrected chi connectivity index (χ4v) is 4.98. The van der Waals surface area contributed by atoms with E-state index < -0.39 is 0 Å². The van der Waals surface area contributed by atoms with Crippen molar-refractivity contribution in [1.29, 1.82) is 0 Å². The molecule has 0 bridgehead atoms. The summed E-state index contributed by atoms with van der Waals surface area (Å²) in [6, 6.07) is 0. The average molecular weight is 427 g/mol. The second-order valence-electron chi connectivity index (χ2n) is 8.11. The van der Waals surface area contributed by atoms with Crippen LogP contribution < -0.4 is 0 Å². The van der Waals surface area contributed by atoms with Gasteiger partial charge < -0.3 is 0 Å². The number of aromatic nitrogens is 6. The maximum absolute atomic E-state index is 4.86. The van der Waals surface area contributed by atoms with E-state index in [1.54, 1.807) is 22.7 Å². The summed E-state index contributed by atoms with van der Waals surface area (Å²) in [4.78, 5) is 29.0. The number of hydrogen-bond donors (Lipinski definition) is 0. The van der Waals surface area contributed by atoms with Crippen LogP contribution in [-0.4, -0.2) is 29.9 Å². The summed E-state index contributed by atoms with van der Waals surface area (Å²) in [6.45, 7) is 10.8. The molecule has 8 heteroatoms. The Balaban J connectivity index is 1.51. The van der Waals surface area contributed by atoms with Crippen molar-refractivity contribution in [3.05, 3.63) is 34.1 Å². The first-order valence-corrected chi connectivity index (χ1v) is 11.9. The Morgan fingerprint density at radius 2 is 1.62 bits per heavy atom.